The number of likely N-dealkylation sites (N-methyl/N-ethyl adjacent to an activating group) is 1. The fourth-order valence-corrected chi connectivity index (χ4v) is 2.83. The minimum absolute atomic E-state index is 0.0150. The lowest BCUT2D eigenvalue weighted by Crippen LogP contribution is -2.42. The van der Waals surface area contributed by atoms with Crippen molar-refractivity contribution in [3.8, 4) is 5.75 Å². The summed E-state index contributed by atoms with van der Waals surface area (Å²) in [6, 6.07) is 5.07. The van der Waals surface area contributed by atoms with Gasteiger partial charge in [-0.25, -0.2) is 0 Å². The number of nitrogens with one attached hydrogen (secondary N) is 2. The van der Waals surface area contributed by atoms with E-state index < -0.39 is 6.36 Å². The summed E-state index contributed by atoms with van der Waals surface area (Å²) in [5.74, 6) is -0.859. The molecule has 0 aromatic heterocycles. The highest BCUT2D eigenvalue weighted by atomic mass is 19.4. The minimum atomic E-state index is -4.76. The topological polar surface area (TPSA) is 70.7 Å². The molecular formula is C17H22F3N3O3. The van der Waals surface area contributed by atoms with Crippen LogP contribution in [0.1, 0.15) is 25.7 Å². The molecule has 1 saturated carbocycles. The zero-order chi connectivity index (χ0) is 19.2. The first-order valence-corrected chi connectivity index (χ1v) is 8.35. The van der Waals surface area contributed by atoms with Gasteiger partial charge < -0.3 is 15.4 Å². The summed E-state index contributed by atoms with van der Waals surface area (Å²) in [4.78, 5) is 25.4. The maximum Gasteiger partial charge on any atom is 0.573 e. The number of hydrogen-bond acceptors (Lipinski definition) is 4. The zero-order valence-electron chi connectivity index (χ0n) is 14.4. The van der Waals surface area contributed by atoms with E-state index in [1.165, 1.54) is 12.1 Å². The van der Waals surface area contributed by atoms with E-state index in [4.69, 9.17) is 0 Å². The molecule has 2 amide bonds. The first-order chi connectivity index (χ1) is 12.2. The third kappa shape index (κ3) is 7.30. The normalized spacial score (nSPS) is 15.1. The molecule has 1 aromatic rings. The predicted molar refractivity (Wildman–Crippen MR) is 89.7 cm³/mol. The van der Waals surface area contributed by atoms with Crippen molar-refractivity contribution >= 4 is 17.5 Å². The Hall–Kier alpha value is -2.29. The highest BCUT2D eigenvalue weighted by Crippen LogP contribution is 2.23. The van der Waals surface area contributed by atoms with E-state index in [1.54, 1.807) is 11.9 Å². The van der Waals surface area contributed by atoms with Crippen LogP contribution in [0.5, 0.6) is 5.75 Å². The quantitative estimate of drug-likeness (QED) is 0.771. The number of benzene rings is 1. The summed E-state index contributed by atoms with van der Waals surface area (Å²) < 4.78 is 40.1. The molecule has 0 radical (unpaired) electrons. The number of nitrogens with zero attached hydrogens (tertiary/aromatic N) is 1. The van der Waals surface area contributed by atoms with Crippen molar-refractivity contribution in [3.05, 3.63) is 24.3 Å². The van der Waals surface area contributed by atoms with Gasteiger partial charge in [0.05, 0.1) is 13.1 Å². The minimum Gasteiger partial charge on any atom is -0.406 e. The fraction of sp³-hybridized carbons (Fsp3) is 0.529. The second-order valence-corrected chi connectivity index (χ2v) is 6.34. The second kappa shape index (κ2) is 8.88. The van der Waals surface area contributed by atoms with Gasteiger partial charge in [-0.05, 0) is 44.2 Å². The SMILES string of the molecule is CN(CC(=O)Nc1ccc(OC(F)(F)F)cc1)CC(=O)NC1CCCC1. The van der Waals surface area contributed by atoms with Crippen LogP contribution in [0.3, 0.4) is 0 Å². The monoisotopic (exact) mass is 373 g/mol. The Bertz CT molecular complexity index is 614. The van der Waals surface area contributed by atoms with Crippen LogP contribution in [0, 0.1) is 0 Å². The molecule has 26 heavy (non-hydrogen) atoms. The molecule has 0 atom stereocenters. The predicted octanol–water partition coefficient (Wildman–Crippen LogP) is 2.51. The number of ether oxygens (including phenoxy) is 1. The molecule has 6 nitrogen and oxygen atoms in total. The summed E-state index contributed by atoms with van der Waals surface area (Å²) in [7, 11) is 1.65. The van der Waals surface area contributed by atoms with Crippen LogP contribution >= 0.6 is 0 Å². The van der Waals surface area contributed by atoms with Crippen LogP contribution in [0.4, 0.5) is 18.9 Å². The standard InChI is InChI=1S/C17H22F3N3O3/c1-23(10-15(24)21-12-4-2-3-5-12)11-16(25)22-13-6-8-14(9-7-13)26-17(18,19)20/h6-9,12H,2-5,10-11H2,1H3,(H,21,24)(H,22,25). The van der Waals surface area contributed by atoms with E-state index in [-0.39, 0.29) is 36.7 Å². The highest BCUT2D eigenvalue weighted by molar-refractivity contribution is 5.92. The first-order valence-electron chi connectivity index (χ1n) is 8.35. The van der Waals surface area contributed by atoms with Crippen LogP contribution in [-0.2, 0) is 9.59 Å². The van der Waals surface area contributed by atoms with Gasteiger partial charge >= 0.3 is 6.36 Å². The number of alkyl halides is 3. The molecule has 9 heteroatoms. The molecular weight excluding hydrogens is 351 g/mol. The molecule has 1 aromatic carbocycles. The Morgan fingerprint density at radius 2 is 1.69 bits per heavy atom. The van der Waals surface area contributed by atoms with Crippen LogP contribution in [0.2, 0.25) is 0 Å². The average Bonchev–Trinajstić information content (AvgIpc) is 3.00. The van der Waals surface area contributed by atoms with E-state index in [2.05, 4.69) is 15.4 Å². The lowest BCUT2D eigenvalue weighted by atomic mass is 10.2. The Kier molecular flexibility index (Phi) is 6.84. The molecule has 2 N–H and O–H groups in total. The molecule has 2 rings (SSSR count). The molecule has 0 heterocycles. The van der Waals surface area contributed by atoms with E-state index in [1.807, 2.05) is 0 Å². The number of halogens is 3. The molecule has 1 aliphatic rings. The van der Waals surface area contributed by atoms with Crippen molar-refractivity contribution < 1.29 is 27.5 Å². The molecule has 1 fully saturated rings. The Morgan fingerprint density at radius 3 is 2.27 bits per heavy atom. The van der Waals surface area contributed by atoms with Gasteiger partial charge in [-0.2, -0.15) is 0 Å². The third-order valence-electron chi connectivity index (χ3n) is 3.92. The highest BCUT2D eigenvalue weighted by Gasteiger charge is 2.31. The van der Waals surface area contributed by atoms with E-state index in [0.29, 0.717) is 5.69 Å². The zero-order valence-corrected chi connectivity index (χ0v) is 14.4. The Labute approximate surface area is 149 Å². The van der Waals surface area contributed by atoms with Crippen LogP contribution < -0.4 is 15.4 Å². The molecule has 0 unspecified atom stereocenters. The molecule has 0 aliphatic heterocycles. The summed E-state index contributed by atoms with van der Waals surface area (Å²) in [6.45, 7) is 0.0845. The molecule has 0 saturated heterocycles. The number of carbonyl (C=O) groups excluding carboxylic acids is 2. The van der Waals surface area contributed by atoms with Crippen molar-refractivity contribution in [2.45, 2.75) is 38.1 Å². The van der Waals surface area contributed by atoms with Crippen molar-refractivity contribution in [2.24, 2.45) is 0 Å². The van der Waals surface area contributed by atoms with Gasteiger partial charge in [0.25, 0.3) is 0 Å². The van der Waals surface area contributed by atoms with Crippen LogP contribution in [0.25, 0.3) is 0 Å². The number of anilines is 1. The van der Waals surface area contributed by atoms with Gasteiger partial charge in [-0.3, -0.25) is 14.5 Å². The molecule has 0 bridgehead atoms. The van der Waals surface area contributed by atoms with Gasteiger partial charge in [-0.1, -0.05) is 12.8 Å². The van der Waals surface area contributed by atoms with E-state index in [9.17, 15) is 22.8 Å². The van der Waals surface area contributed by atoms with Crippen LogP contribution in [-0.4, -0.2) is 49.3 Å². The third-order valence-corrected chi connectivity index (χ3v) is 3.92. The van der Waals surface area contributed by atoms with Crippen molar-refractivity contribution in [1.29, 1.82) is 0 Å². The number of hydrogen-bond donors (Lipinski definition) is 2. The largest absolute Gasteiger partial charge is 0.573 e. The van der Waals surface area contributed by atoms with Gasteiger partial charge in [0, 0.05) is 11.7 Å². The van der Waals surface area contributed by atoms with Crippen LogP contribution in [0.15, 0.2) is 24.3 Å². The second-order valence-electron chi connectivity index (χ2n) is 6.34. The number of amides is 2. The lowest BCUT2D eigenvalue weighted by Gasteiger charge is -2.18. The van der Waals surface area contributed by atoms with E-state index >= 15 is 0 Å². The van der Waals surface area contributed by atoms with Gasteiger partial charge in [0.15, 0.2) is 0 Å². The summed E-state index contributed by atoms with van der Waals surface area (Å²) in [5.41, 5.74) is 0.341. The first kappa shape index (κ1) is 20.0. The number of rotatable bonds is 7. The summed E-state index contributed by atoms with van der Waals surface area (Å²) in [6.07, 6.45) is -0.535. The van der Waals surface area contributed by atoms with Crippen molar-refractivity contribution in [2.75, 3.05) is 25.5 Å². The van der Waals surface area contributed by atoms with Crippen molar-refractivity contribution in [3.63, 3.8) is 0 Å². The maximum atomic E-state index is 12.1. The Balaban J connectivity index is 1.74. The smallest absolute Gasteiger partial charge is 0.406 e. The lowest BCUT2D eigenvalue weighted by molar-refractivity contribution is -0.274. The Morgan fingerprint density at radius 1 is 1.12 bits per heavy atom. The van der Waals surface area contributed by atoms with Gasteiger partial charge in [0.1, 0.15) is 5.75 Å². The number of carbonyl (C=O) groups is 2. The summed E-state index contributed by atoms with van der Waals surface area (Å²) in [5, 5.41) is 5.50. The molecule has 0 spiro atoms. The van der Waals surface area contributed by atoms with Crippen molar-refractivity contribution in [1.82, 2.24) is 10.2 Å². The van der Waals surface area contributed by atoms with Gasteiger partial charge in [0.2, 0.25) is 11.8 Å². The molecule has 144 valence electrons. The molecule has 1 aliphatic carbocycles. The average molecular weight is 373 g/mol. The maximum absolute atomic E-state index is 12.1. The van der Waals surface area contributed by atoms with Gasteiger partial charge in [-0.15, -0.1) is 13.2 Å². The van der Waals surface area contributed by atoms with E-state index in [0.717, 1.165) is 37.8 Å². The fourth-order valence-electron chi connectivity index (χ4n) is 2.83. The summed E-state index contributed by atoms with van der Waals surface area (Å²) >= 11 is 0.